The number of likely N-dealkylation sites (N-methyl/N-ethyl adjacent to an activating group) is 1. The minimum absolute atomic E-state index is 0.0619. The number of aryl methyl sites for hydroxylation is 3. The zero-order valence-electron chi connectivity index (χ0n) is 16.3. The number of nitrogens with one attached hydrogen (secondary N) is 2. The van der Waals surface area contributed by atoms with Gasteiger partial charge in [-0.15, -0.1) is 0 Å². The van der Waals surface area contributed by atoms with Crippen LogP contribution in [0.5, 0.6) is 0 Å². The summed E-state index contributed by atoms with van der Waals surface area (Å²) in [5.74, 6) is 1.97. The highest BCUT2D eigenvalue weighted by atomic mass is 16.5. The fourth-order valence-electron chi connectivity index (χ4n) is 3.18. The Balaban J connectivity index is 1.46. The fraction of sp³-hybridized carbons (Fsp3) is 0.389. The van der Waals surface area contributed by atoms with Crippen molar-refractivity contribution in [2.24, 2.45) is 0 Å². The molecule has 0 atom stereocenters. The molecule has 10 nitrogen and oxygen atoms in total. The molecule has 28 heavy (non-hydrogen) atoms. The van der Waals surface area contributed by atoms with E-state index in [0.29, 0.717) is 30.5 Å². The van der Waals surface area contributed by atoms with Gasteiger partial charge in [0, 0.05) is 30.9 Å². The largest absolute Gasteiger partial charge is 0.361 e. The summed E-state index contributed by atoms with van der Waals surface area (Å²) in [6, 6.07) is 0. The van der Waals surface area contributed by atoms with E-state index < -0.39 is 0 Å². The van der Waals surface area contributed by atoms with Gasteiger partial charge in [0.25, 0.3) is 0 Å². The molecule has 3 aromatic rings. The normalized spacial score (nSPS) is 13.4. The zero-order chi connectivity index (χ0) is 19.8. The maximum Gasteiger partial charge on any atom is 0.244 e. The highest BCUT2D eigenvalue weighted by molar-refractivity contribution is 6.00. The molecular formula is C18H22N8O2. The number of fused-ring (bicyclic) bond motifs is 1. The molecule has 0 aliphatic carbocycles. The van der Waals surface area contributed by atoms with E-state index in [1.165, 1.54) is 0 Å². The van der Waals surface area contributed by atoms with Crippen LogP contribution in [0.3, 0.4) is 0 Å². The number of hydrogen-bond donors (Lipinski definition) is 2. The van der Waals surface area contributed by atoms with Crippen molar-refractivity contribution < 1.29 is 9.32 Å². The molecule has 0 bridgehead atoms. The summed E-state index contributed by atoms with van der Waals surface area (Å²) in [4.78, 5) is 22.5. The third-order valence-corrected chi connectivity index (χ3v) is 4.72. The smallest absolute Gasteiger partial charge is 0.244 e. The molecule has 10 heteroatoms. The average molecular weight is 382 g/mol. The van der Waals surface area contributed by atoms with Crippen molar-refractivity contribution in [1.82, 2.24) is 24.9 Å². The Kier molecular flexibility index (Phi) is 4.46. The lowest BCUT2D eigenvalue weighted by Gasteiger charge is -2.27. The first-order valence-corrected chi connectivity index (χ1v) is 8.97. The number of nitrogens with zero attached hydrogens (tertiary/aromatic N) is 6. The first-order chi connectivity index (χ1) is 13.4. The molecule has 3 aromatic heterocycles. The van der Waals surface area contributed by atoms with Crippen LogP contribution in [0, 0.1) is 20.8 Å². The van der Waals surface area contributed by atoms with Gasteiger partial charge >= 0.3 is 0 Å². The second-order valence-corrected chi connectivity index (χ2v) is 6.94. The zero-order valence-corrected chi connectivity index (χ0v) is 16.3. The lowest BCUT2D eigenvalue weighted by Crippen LogP contribution is -2.36. The second-order valence-electron chi connectivity index (χ2n) is 6.94. The number of aromatic nitrogens is 5. The lowest BCUT2D eigenvalue weighted by molar-refractivity contribution is -0.115. The van der Waals surface area contributed by atoms with E-state index in [-0.39, 0.29) is 12.5 Å². The SMILES string of the molecule is Cc1noc(C)c1Cn1cc(CNc2nc(C)c3c(n2)N(C)CC(=O)N3)cn1. The van der Waals surface area contributed by atoms with Crippen LogP contribution in [0.4, 0.5) is 17.5 Å². The Morgan fingerprint density at radius 3 is 2.82 bits per heavy atom. The van der Waals surface area contributed by atoms with Crippen LogP contribution >= 0.6 is 0 Å². The van der Waals surface area contributed by atoms with Gasteiger partial charge in [0.1, 0.15) is 11.4 Å². The highest BCUT2D eigenvalue weighted by Crippen LogP contribution is 2.29. The van der Waals surface area contributed by atoms with Crippen LogP contribution in [0.2, 0.25) is 0 Å². The topological polar surface area (TPSA) is 114 Å². The third kappa shape index (κ3) is 3.40. The van der Waals surface area contributed by atoms with Crippen molar-refractivity contribution in [3.8, 4) is 0 Å². The molecule has 1 aliphatic rings. The highest BCUT2D eigenvalue weighted by Gasteiger charge is 2.23. The van der Waals surface area contributed by atoms with E-state index in [4.69, 9.17) is 4.52 Å². The molecule has 0 unspecified atom stereocenters. The number of anilines is 3. The maximum absolute atomic E-state index is 11.7. The maximum atomic E-state index is 11.7. The molecule has 0 saturated carbocycles. The molecule has 0 spiro atoms. The van der Waals surface area contributed by atoms with Gasteiger partial charge in [-0.1, -0.05) is 5.16 Å². The molecule has 2 N–H and O–H groups in total. The van der Waals surface area contributed by atoms with E-state index in [1.54, 1.807) is 0 Å². The van der Waals surface area contributed by atoms with Gasteiger partial charge in [0.2, 0.25) is 11.9 Å². The Hall–Kier alpha value is -3.43. The van der Waals surface area contributed by atoms with Crippen molar-refractivity contribution in [1.29, 1.82) is 0 Å². The molecular weight excluding hydrogens is 360 g/mol. The van der Waals surface area contributed by atoms with Gasteiger partial charge in [0.05, 0.1) is 30.7 Å². The molecule has 1 aliphatic heterocycles. The molecule has 0 aromatic carbocycles. The lowest BCUT2D eigenvalue weighted by atomic mass is 10.2. The standard InChI is InChI=1S/C18H22N8O2/c1-10-14(12(3)28-24-10)8-26-7-13(6-20-26)5-19-18-21-11(2)16-17(23-18)25(4)9-15(27)22-16/h6-7H,5,8-9H2,1-4H3,(H,22,27)(H,19,21,23). The van der Waals surface area contributed by atoms with Crippen molar-refractivity contribution in [3.05, 3.63) is 40.7 Å². The second kappa shape index (κ2) is 6.95. The van der Waals surface area contributed by atoms with Crippen LogP contribution in [-0.2, 0) is 17.9 Å². The van der Waals surface area contributed by atoms with Gasteiger partial charge in [-0.05, 0) is 20.8 Å². The quantitative estimate of drug-likeness (QED) is 0.684. The van der Waals surface area contributed by atoms with Gasteiger partial charge in [-0.25, -0.2) is 4.98 Å². The van der Waals surface area contributed by atoms with Crippen molar-refractivity contribution >= 4 is 23.4 Å². The summed E-state index contributed by atoms with van der Waals surface area (Å²) in [6.45, 7) is 7.10. The van der Waals surface area contributed by atoms with E-state index in [0.717, 1.165) is 28.3 Å². The predicted molar refractivity (Wildman–Crippen MR) is 103 cm³/mol. The van der Waals surface area contributed by atoms with Crippen LogP contribution < -0.4 is 15.5 Å². The van der Waals surface area contributed by atoms with Gasteiger partial charge < -0.3 is 20.1 Å². The Morgan fingerprint density at radius 2 is 2.07 bits per heavy atom. The van der Waals surface area contributed by atoms with Gasteiger partial charge in [-0.2, -0.15) is 10.1 Å². The van der Waals surface area contributed by atoms with Crippen LogP contribution in [0.1, 0.15) is 28.3 Å². The number of amides is 1. The van der Waals surface area contributed by atoms with E-state index in [1.807, 2.05) is 49.8 Å². The minimum atomic E-state index is -0.0619. The van der Waals surface area contributed by atoms with Crippen LogP contribution in [0.25, 0.3) is 0 Å². The average Bonchev–Trinajstić information content (AvgIpc) is 3.23. The van der Waals surface area contributed by atoms with E-state index in [9.17, 15) is 4.79 Å². The monoisotopic (exact) mass is 382 g/mol. The summed E-state index contributed by atoms with van der Waals surface area (Å²) < 4.78 is 7.05. The minimum Gasteiger partial charge on any atom is -0.361 e. The first kappa shape index (κ1) is 18.0. The molecule has 4 rings (SSSR count). The Morgan fingerprint density at radius 1 is 1.25 bits per heavy atom. The Bertz CT molecular complexity index is 1020. The first-order valence-electron chi connectivity index (χ1n) is 8.97. The summed E-state index contributed by atoms with van der Waals surface area (Å²) in [6.07, 6.45) is 3.78. The summed E-state index contributed by atoms with van der Waals surface area (Å²) >= 11 is 0. The number of hydrogen-bond acceptors (Lipinski definition) is 8. The van der Waals surface area contributed by atoms with Gasteiger partial charge in [0.15, 0.2) is 5.82 Å². The third-order valence-electron chi connectivity index (χ3n) is 4.72. The van der Waals surface area contributed by atoms with Crippen LogP contribution in [-0.4, -0.2) is 44.4 Å². The summed E-state index contributed by atoms with van der Waals surface area (Å²) in [5.41, 5.74) is 4.31. The van der Waals surface area contributed by atoms with Crippen molar-refractivity contribution in [3.63, 3.8) is 0 Å². The number of carbonyl (C=O) groups is 1. The van der Waals surface area contributed by atoms with E-state index in [2.05, 4.69) is 30.9 Å². The molecule has 0 fully saturated rings. The van der Waals surface area contributed by atoms with Crippen LogP contribution in [0.15, 0.2) is 16.9 Å². The summed E-state index contributed by atoms with van der Waals surface area (Å²) in [5, 5.41) is 14.4. The predicted octanol–water partition coefficient (Wildman–Crippen LogP) is 1.64. The van der Waals surface area contributed by atoms with Crippen molar-refractivity contribution in [2.45, 2.75) is 33.9 Å². The molecule has 0 radical (unpaired) electrons. The molecule has 4 heterocycles. The molecule has 1 amide bonds. The number of rotatable bonds is 5. The van der Waals surface area contributed by atoms with E-state index >= 15 is 0 Å². The molecule has 146 valence electrons. The van der Waals surface area contributed by atoms with Crippen molar-refractivity contribution in [2.75, 3.05) is 29.1 Å². The fourth-order valence-corrected chi connectivity index (χ4v) is 3.18. The van der Waals surface area contributed by atoms with Gasteiger partial charge in [-0.3, -0.25) is 9.48 Å². The number of carbonyl (C=O) groups excluding carboxylic acids is 1. The summed E-state index contributed by atoms with van der Waals surface area (Å²) in [7, 11) is 1.84. The Labute approximate surface area is 161 Å². The molecule has 0 saturated heterocycles.